The van der Waals surface area contributed by atoms with Crippen LogP contribution in [-0.4, -0.2) is 15.7 Å². The smallest absolute Gasteiger partial charge is 0.308 e. The Balaban J connectivity index is 1.38. The molecule has 1 aromatic heterocycles. The van der Waals surface area contributed by atoms with Crippen LogP contribution in [0.3, 0.4) is 0 Å². The van der Waals surface area contributed by atoms with Crippen LogP contribution in [0, 0.1) is 17.8 Å². The summed E-state index contributed by atoms with van der Waals surface area (Å²) >= 11 is 6.78. The third-order valence-corrected chi connectivity index (χ3v) is 10.6. The topological polar surface area (TPSA) is 51.1 Å². The molecule has 1 amide bonds. The number of thiazole rings is 1. The molecular formula is C25H23BrN2O2S2. The van der Waals surface area contributed by atoms with Crippen LogP contribution in [0.1, 0.15) is 35.6 Å². The number of thioether (sulfide) groups is 1. The summed E-state index contributed by atoms with van der Waals surface area (Å²) in [6.45, 7) is 0.0606. The second-order valence-corrected chi connectivity index (χ2v) is 12.1. The number of halogens is 1. The van der Waals surface area contributed by atoms with Gasteiger partial charge in [-0.2, -0.15) is 0 Å². The number of rotatable bonds is 4. The predicted octanol–water partition coefficient (Wildman–Crippen LogP) is 5.96. The minimum absolute atomic E-state index is 0.0276. The standard InChI is InChI=1S/C25H23BrN2O2S2/c26-17-10-8-14(9-11-17)20-21-15-6-7-16(12-15)22(21)31-24-23(20)32-25(30)28(24)13-19(29)27-18-4-2-1-3-5-18/h1-5,8-11,15-16,20-22H,6-7,12-13H2,(H,27,29). The molecule has 2 aliphatic carbocycles. The van der Waals surface area contributed by atoms with E-state index in [0.29, 0.717) is 11.2 Å². The summed E-state index contributed by atoms with van der Waals surface area (Å²) in [4.78, 5) is 27.0. The van der Waals surface area contributed by atoms with Gasteiger partial charge in [0.25, 0.3) is 0 Å². The number of fused-ring (bicyclic) bond motifs is 6. The molecule has 5 atom stereocenters. The first-order valence-corrected chi connectivity index (χ1v) is 13.6. The van der Waals surface area contributed by atoms with E-state index < -0.39 is 0 Å². The molecule has 1 aliphatic heterocycles. The van der Waals surface area contributed by atoms with Crippen LogP contribution in [0.4, 0.5) is 5.69 Å². The van der Waals surface area contributed by atoms with E-state index in [1.54, 1.807) is 4.57 Å². The van der Waals surface area contributed by atoms with Crippen LogP contribution in [0.2, 0.25) is 0 Å². The summed E-state index contributed by atoms with van der Waals surface area (Å²) in [6, 6.07) is 18.0. The lowest BCUT2D eigenvalue weighted by Crippen LogP contribution is -2.34. The first-order chi connectivity index (χ1) is 15.6. The van der Waals surface area contributed by atoms with E-state index >= 15 is 0 Å². The summed E-state index contributed by atoms with van der Waals surface area (Å²) in [5.41, 5.74) is 2.04. The molecule has 3 aliphatic rings. The number of aromatic nitrogens is 1. The van der Waals surface area contributed by atoms with E-state index in [9.17, 15) is 9.59 Å². The molecule has 2 fully saturated rings. The van der Waals surface area contributed by atoms with Gasteiger partial charge < -0.3 is 5.32 Å². The Labute approximate surface area is 203 Å². The van der Waals surface area contributed by atoms with Gasteiger partial charge >= 0.3 is 4.87 Å². The number of nitrogens with zero attached hydrogens (tertiary/aromatic N) is 1. The Morgan fingerprint density at radius 1 is 1.06 bits per heavy atom. The van der Waals surface area contributed by atoms with E-state index in [1.807, 2.05) is 42.1 Å². The Morgan fingerprint density at radius 3 is 2.59 bits per heavy atom. The van der Waals surface area contributed by atoms with Crippen molar-refractivity contribution >= 4 is 50.6 Å². The van der Waals surface area contributed by atoms with Crippen molar-refractivity contribution in [1.82, 2.24) is 4.57 Å². The zero-order valence-electron chi connectivity index (χ0n) is 17.4. The highest BCUT2D eigenvalue weighted by atomic mass is 79.9. The molecule has 1 N–H and O–H groups in total. The van der Waals surface area contributed by atoms with E-state index in [1.165, 1.54) is 36.2 Å². The first-order valence-electron chi connectivity index (χ1n) is 11.1. The van der Waals surface area contributed by atoms with Gasteiger partial charge in [-0.3, -0.25) is 14.2 Å². The number of nitrogens with one attached hydrogen (secondary N) is 1. The average molecular weight is 528 g/mol. The first kappa shape index (κ1) is 20.8. The highest BCUT2D eigenvalue weighted by Crippen LogP contribution is 2.64. The summed E-state index contributed by atoms with van der Waals surface area (Å²) in [6.07, 6.45) is 3.91. The number of carbonyl (C=O) groups excluding carboxylic acids is 1. The van der Waals surface area contributed by atoms with Gasteiger partial charge in [0.05, 0.1) is 5.03 Å². The zero-order chi connectivity index (χ0) is 21.8. The number of hydrogen-bond donors (Lipinski definition) is 1. The Morgan fingerprint density at radius 2 is 1.81 bits per heavy atom. The summed E-state index contributed by atoms with van der Waals surface area (Å²) < 4.78 is 2.79. The fourth-order valence-electron chi connectivity index (χ4n) is 6.00. The SMILES string of the molecule is O=C(Cn1c2c(sc1=O)C(c1ccc(Br)cc1)C1C3CCC(C3)C1S2)Nc1ccccc1. The van der Waals surface area contributed by atoms with Gasteiger partial charge in [-0.25, -0.2) is 0 Å². The van der Waals surface area contributed by atoms with Gasteiger partial charge in [-0.05, 0) is 66.8 Å². The van der Waals surface area contributed by atoms with Crippen LogP contribution in [0.25, 0.3) is 0 Å². The minimum Gasteiger partial charge on any atom is -0.325 e. The van der Waals surface area contributed by atoms with E-state index in [4.69, 9.17) is 0 Å². The highest BCUT2D eigenvalue weighted by molar-refractivity contribution is 9.10. The van der Waals surface area contributed by atoms with Crippen molar-refractivity contribution in [2.24, 2.45) is 17.8 Å². The summed E-state index contributed by atoms with van der Waals surface area (Å²) in [5, 5.41) is 4.48. The summed E-state index contributed by atoms with van der Waals surface area (Å²) in [5.74, 6) is 2.14. The molecule has 0 radical (unpaired) electrons. The minimum atomic E-state index is -0.158. The van der Waals surface area contributed by atoms with Crippen molar-refractivity contribution in [3.63, 3.8) is 0 Å². The quantitative estimate of drug-likeness (QED) is 0.456. The lowest BCUT2D eigenvalue weighted by molar-refractivity contribution is -0.116. The molecule has 164 valence electrons. The van der Waals surface area contributed by atoms with Gasteiger partial charge in [0.2, 0.25) is 5.91 Å². The van der Waals surface area contributed by atoms with Crippen molar-refractivity contribution in [1.29, 1.82) is 0 Å². The summed E-state index contributed by atoms with van der Waals surface area (Å²) in [7, 11) is 0. The lowest BCUT2D eigenvalue weighted by Gasteiger charge is -2.40. The van der Waals surface area contributed by atoms with E-state index in [-0.39, 0.29) is 23.2 Å². The maximum Gasteiger partial charge on any atom is 0.308 e. The van der Waals surface area contributed by atoms with Gasteiger partial charge in [-0.15, -0.1) is 11.8 Å². The Hall–Kier alpha value is -1.83. The second kappa shape index (κ2) is 8.19. The molecule has 2 heterocycles. The van der Waals surface area contributed by atoms with Crippen LogP contribution < -0.4 is 10.2 Å². The Bertz CT molecular complexity index is 1220. The number of anilines is 1. The van der Waals surface area contributed by atoms with Crippen molar-refractivity contribution in [2.75, 3.05) is 5.32 Å². The third-order valence-electron chi connectivity index (χ3n) is 7.28. The highest BCUT2D eigenvalue weighted by Gasteiger charge is 2.55. The fourth-order valence-corrected chi connectivity index (χ4v) is 9.41. The molecule has 3 aromatic rings. The maximum absolute atomic E-state index is 13.1. The molecular weight excluding hydrogens is 504 g/mol. The lowest BCUT2D eigenvalue weighted by atomic mass is 9.75. The van der Waals surface area contributed by atoms with Crippen molar-refractivity contribution in [3.05, 3.63) is 79.2 Å². The van der Waals surface area contributed by atoms with E-state index in [2.05, 4.69) is 45.5 Å². The van der Waals surface area contributed by atoms with Gasteiger partial charge in [0, 0.05) is 26.2 Å². The third kappa shape index (κ3) is 3.49. The predicted molar refractivity (Wildman–Crippen MR) is 134 cm³/mol. The molecule has 0 saturated heterocycles. The van der Waals surface area contributed by atoms with Crippen molar-refractivity contribution in [2.45, 2.75) is 42.0 Å². The average Bonchev–Trinajstić information content (AvgIpc) is 3.48. The second-order valence-electron chi connectivity index (χ2n) is 9.06. The monoisotopic (exact) mass is 526 g/mol. The number of benzene rings is 2. The van der Waals surface area contributed by atoms with Gasteiger partial charge in [0.15, 0.2) is 0 Å². The maximum atomic E-state index is 13.1. The molecule has 32 heavy (non-hydrogen) atoms. The van der Waals surface area contributed by atoms with Crippen LogP contribution in [0.5, 0.6) is 0 Å². The van der Waals surface area contributed by atoms with Gasteiger partial charge in [-0.1, -0.05) is 57.6 Å². The van der Waals surface area contributed by atoms with Crippen LogP contribution >= 0.6 is 39.0 Å². The zero-order valence-corrected chi connectivity index (χ0v) is 20.6. The molecule has 4 nitrogen and oxygen atoms in total. The van der Waals surface area contributed by atoms with Crippen LogP contribution in [0.15, 0.2) is 68.9 Å². The van der Waals surface area contributed by atoms with Gasteiger partial charge in [0.1, 0.15) is 6.54 Å². The number of para-hydroxylation sites is 1. The largest absolute Gasteiger partial charge is 0.325 e. The molecule has 6 rings (SSSR count). The molecule has 2 bridgehead atoms. The van der Waals surface area contributed by atoms with Crippen molar-refractivity contribution < 1.29 is 4.79 Å². The van der Waals surface area contributed by atoms with E-state index in [0.717, 1.165) is 31.9 Å². The fraction of sp³-hybridized carbons (Fsp3) is 0.360. The normalized spacial score (nSPS) is 27.7. The molecule has 2 saturated carbocycles. The van der Waals surface area contributed by atoms with Crippen LogP contribution in [-0.2, 0) is 11.3 Å². The molecule has 7 heteroatoms. The Kier molecular flexibility index (Phi) is 5.31. The number of amides is 1. The number of carbonyl (C=O) groups is 1. The van der Waals surface area contributed by atoms with Crippen molar-refractivity contribution in [3.8, 4) is 0 Å². The molecule has 0 spiro atoms. The number of hydrogen-bond acceptors (Lipinski definition) is 4. The molecule has 5 unspecified atom stereocenters. The molecule has 2 aromatic carbocycles.